The van der Waals surface area contributed by atoms with Gasteiger partial charge in [-0.25, -0.2) is 9.78 Å². The number of pyridine rings is 1. The lowest BCUT2D eigenvalue weighted by molar-refractivity contribution is -0.275. The second kappa shape index (κ2) is 8.17. The van der Waals surface area contributed by atoms with E-state index in [1.54, 1.807) is 0 Å². The van der Waals surface area contributed by atoms with E-state index in [-0.39, 0.29) is 17.0 Å². The Bertz CT molecular complexity index is 1080. The first-order valence-electron chi connectivity index (χ1n) is 8.38. The van der Waals surface area contributed by atoms with E-state index in [9.17, 15) is 36.2 Å². The summed E-state index contributed by atoms with van der Waals surface area (Å²) in [5.74, 6) is -2.28. The minimum absolute atomic E-state index is 0.1000. The molecule has 2 aromatic carbocycles. The average molecular weight is 443 g/mol. The molecular formula is C20H11F6NO4. The highest BCUT2D eigenvalue weighted by Crippen LogP contribution is 2.34. The van der Waals surface area contributed by atoms with Crippen molar-refractivity contribution in [2.75, 3.05) is 0 Å². The standard InChI is InChI=1S/C20H11F6NO4/c21-19(22,23)30-13-5-1-11(2-6-13)15-9-10-16(18(28)29)27-17(15)12-3-7-14(8-4-12)31-20(24,25)26/h1-10H,(H,28,29). The Kier molecular flexibility index (Phi) is 5.78. The average Bonchev–Trinajstić information content (AvgIpc) is 2.66. The maximum Gasteiger partial charge on any atom is 0.573 e. The lowest BCUT2D eigenvalue weighted by atomic mass is 9.98. The summed E-state index contributed by atoms with van der Waals surface area (Å²) in [6.07, 6.45) is -9.74. The van der Waals surface area contributed by atoms with Gasteiger partial charge in [-0.1, -0.05) is 12.1 Å². The number of aromatic carboxylic acids is 1. The van der Waals surface area contributed by atoms with Crippen LogP contribution in [-0.2, 0) is 0 Å². The monoisotopic (exact) mass is 443 g/mol. The fourth-order valence-corrected chi connectivity index (χ4v) is 2.68. The second-order valence-corrected chi connectivity index (χ2v) is 6.04. The van der Waals surface area contributed by atoms with Crippen molar-refractivity contribution in [1.29, 1.82) is 0 Å². The van der Waals surface area contributed by atoms with Crippen molar-refractivity contribution in [2.45, 2.75) is 12.7 Å². The van der Waals surface area contributed by atoms with Gasteiger partial charge in [-0.15, -0.1) is 26.3 Å². The first kappa shape index (κ1) is 21.9. The van der Waals surface area contributed by atoms with Crippen LogP contribution in [0.3, 0.4) is 0 Å². The second-order valence-electron chi connectivity index (χ2n) is 6.04. The van der Waals surface area contributed by atoms with Gasteiger partial charge in [0.05, 0.1) is 5.69 Å². The van der Waals surface area contributed by atoms with Gasteiger partial charge in [-0.3, -0.25) is 0 Å². The van der Waals surface area contributed by atoms with E-state index in [2.05, 4.69) is 14.5 Å². The summed E-state index contributed by atoms with van der Waals surface area (Å²) in [7, 11) is 0. The quantitative estimate of drug-likeness (QED) is 0.497. The van der Waals surface area contributed by atoms with Crippen molar-refractivity contribution >= 4 is 5.97 Å². The molecule has 5 nitrogen and oxygen atoms in total. The molecule has 0 aliphatic heterocycles. The van der Waals surface area contributed by atoms with Crippen LogP contribution in [0.5, 0.6) is 11.5 Å². The number of carbonyl (C=O) groups is 1. The zero-order valence-corrected chi connectivity index (χ0v) is 15.2. The van der Waals surface area contributed by atoms with Gasteiger partial charge in [0.2, 0.25) is 0 Å². The molecule has 0 aliphatic carbocycles. The predicted octanol–water partition coefficient (Wildman–Crippen LogP) is 5.91. The summed E-state index contributed by atoms with van der Waals surface area (Å²) in [6, 6.07) is 11.9. The van der Waals surface area contributed by atoms with Crippen molar-refractivity contribution in [3.05, 3.63) is 66.4 Å². The van der Waals surface area contributed by atoms with Crippen LogP contribution in [0.2, 0.25) is 0 Å². The van der Waals surface area contributed by atoms with E-state index in [1.165, 1.54) is 36.4 Å². The van der Waals surface area contributed by atoms with Crippen molar-refractivity contribution in [3.63, 3.8) is 0 Å². The Morgan fingerprint density at radius 1 is 0.710 bits per heavy atom. The first-order valence-corrected chi connectivity index (χ1v) is 8.38. The zero-order chi connectivity index (χ0) is 22.8. The molecule has 0 spiro atoms. The molecule has 0 fully saturated rings. The summed E-state index contributed by atoms with van der Waals surface area (Å²) in [5, 5.41) is 9.20. The van der Waals surface area contributed by atoms with Crippen molar-refractivity contribution in [1.82, 2.24) is 4.98 Å². The van der Waals surface area contributed by atoms with Crippen LogP contribution >= 0.6 is 0 Å². The van der Waals surface area contributed by atoms with Crippen molar-refractivity contribution in [2.24, 2.45) is 0 Å². The van der Waals surface area contributed by atoms with Gasteiger partial charge >= 0.3 is 18.7 Å². The summed E-state index contributed by atoms with van der Waals surface area (Å²) < 4.78 is 81.7. The third-order valence-electron chi connectivity index (χ3n) is 3.87. The van der Waals surface area contributed by atoms with Crippen molar-refractivity contribution < 1.29 is 45.7 Å². The number of rotatable bonds is 5. The predicted molar refractivity (Wildman–Crippen MR) is 95.4 cm³/mol. The third kappa shape index (κ3) is 5.87. The Morgan fingerprint density at radius 3 is 1.58 bits per heavy atom. The van der Waals surface area contributed by atoms with Crippen LogP contribution in [0.25, 0.3) is 22.4 Å². The molecule has 0 atom stereocenters. The molecule has 1 aromatic heterocycles. The number of aromatic nitrogens is 1. The van der Waals surface area contributed by atoms with Gasteiger partial charge < -0.3 is 14.6 Å². The molecule has 0 aliphatic rings. The summed E-state index contributed by atoms with van der Waals surface area (Å²) in [5.41, 5.74) is 0.759. The molecule has 0 saturated carbocycles. The lowest BCUT2D eigenvalue weighted by Gasteiger charge is -2.13. The minimum atomic E-state index is -4.88. The number of alkyl halides is 6. The lowest BCUT2D eigenvalue weighted by Crippen LogP contribution is -2.17. The molecule has 31 heavy (non-hydrogen) atoms. The summed E-state index contributed by atoms with van der Waals surface area (Å²) in [6.45, 7) is 0. The number of carboxylic acids is 1. The normalized spacial score (nSPS) is 11.8. The van der Waals surface area contributed by atoms with Gasteiger partial charge in [0.1, 0.15) is 17.2 Å². The molecule has 0 radical (unpaired) electrons. The van der Waals surface area contributed by atoms with Gasteiger partial charge in [0, 0.05) is 11.1 Å². The molecular weight excluding hydrogens is 432 g/mol. The molecule has 1 N–H and O–H groups in total. The highest BCUT2D eigenvalue weighted by molar-refractivity contribution is 5.89. The fraction of sp³-hybridized carbons (Fsp3) is 0.100. The number of hydrogen-bond acceptors (Lipinski definition) is 4. The summed E-state index contributed by atoms with van der Waals surface area (Å²) in [4.78, 5) is 15.3. The van der Waals surface area contributed by atoms with Gasteiger partial charge in [0.15, 0.2) is 0 Å². The van der Waals surface area contributed by atoms with E-state index in [0.29, 0.717) is 11.1 Å². The highest BCUT2D eigenvalue weighted by Gasteiger charge is 2.31. The number of halogens is 6. The number of carboxylic acid groups (broad SMARTS) is 1. The van der Waals surface area contributed by atoms with E-state index >= 15 is 0 Å². The van der Waals surface area contributed by atoms with E-state index in [0.717, 1.165) is 24.3 Å². The molecule has 3 rings (SSSR count). The van der Waals surface area contributed by atoms with Crippen LogP contribution < -0.4 is 9.47 Å². The summed E-state index contributed by atoms with van der Waals surface area (Å²) >= 11 is 0. The van der Waals surface area contributed by atoms with Crippen LogP contribution in [0.15, 0.2) is 60.7 Å². The van der Waals surface area contributed by atoms with Gasteiger partial charge in [-0.2, -0.15) is 0 Å². The zero-order valence-electron chi connectivity index (χ0n) is 15.2. The smallest absolute Gasteiger partial charge is 0.477 e. The third-order valence-corrected chi connectivity index (χ3v) is 3.87. The van der Waals surface area contributed by atoms with E-state index in [4.69, 9.17) is 0 Å². The number of nitrogens with zero attached hydrogens (tertiary/aromatic N) is 1. The van der Waals surface area contributed by atoms with Gasteiger partial charge in [-0.05, 0) is 54.1 Å². The Balaban J connectivity index is 2.01. The molecule has 1 heterocycles. The number of hydrogen-bond donors (Lipinski definition) is 1. The maximum absolute atomic E-state index is 12.3. The minimum Gasteiger partial charge on any atom is -0.477 e. The molecule has 162 valence electrons. The number of benzene rings is 2. The SMILES string of the molecule is O=C(O)c1ccc(-c2ccc(OC(F)(F)F)cc2)c(-c2ccc(OC(F)(F)F)cc2)n1. The first-order chi connectivity index (χ1) is 14.4. The Hall–Kier alpha value is -3.76. The molecule has 0 bridgehead atoms. The Morgan fingerprint density at radius 2 is 1.16 bits per heavy atom. The van der Waals surface area contributed by atoms with E-state index in [1.807, 2.05) is 0 Å². The molecule has 11 heteroatoms. The molecule has 0 saturated heterocycles. The highest BCUT2D eigenvalue weighted by atomic mass is 19.4. The van der Waals surface area contributed by atoms with Crippen LogP contribution in [0, 0.1) is 0 Å². The van der Waals surface area contributed by atoms with Crippen LogP contribution in [0.4, 0.5) is 26.3 Å². The molecule has 0 amide bonds. The van der Waals surface area contributed by atoms with E-state index < -0.39 is 30.2 Å². The van der Waals surface area contributed by atoms with Crippen molar-refractivity contribution in [3.8, 4) is 33.9 Å². The molecule has 0 unspecified atom stereocenters. The Labute approximate surface area is 170 Å². The van der Waals surface area contributed by atoms with Gasteiger partial charge in [0.25, 0.3) is 0 Å². The number of ether oxygens (including phenoxy) is 2. The largest absolute Gasteiger partial charge is 0.573 e. The molecule has 3 aromatic rings. The fourth-order valence-electron chi connectivity index (χ4n) is 2.68. The maximum atomic E-state index is 12.3. The van der Waals surface area contributed by atoms with Crippen LogP contribution in [-0.4, -0.2) is 28.8 Å². The topological polar surface area (TPSA) is 68.7 Å². The van der Waals surface area contributed by atoms with Crippen LogP contribution in [0.1, 0.15) is 10.5 Å².